The first-order valence-electron chi connectivity index (χ1n) is 8.49. The van der Waals surface area contributed by atoms with E-state index in [4.69, 9.17) is 4.74 Å². The van der Waals surface area contributed by atoms with Crippen LogP contribution in [0.3, 0.4) is 0 Å². The Morgan fingerprint density at radius 3 is 2.62 bits per heavy atom. The summed E-state index contributed by atoms with van der Waals surface area (Å²) < 4.78 is 6.85. The van der Waals surface area contributed by atoms with Crippen molar-refractivity contribution in [1.29, 1.82) is 0 Å². The van der Waals surface area contributed by atoms with E-state index in [0.717, 1.165) is 40.7 Å². The highest BCUT2D eigenvalue weighted by atomic mass is 127. The van der Waals surface area contributed by atoms with Crippen molar-refractivity contribution in [3.63, 3.8) is 0 Å². The Hall–Kier alpha value is -1.56. The van der Waals surface area contributed by atoms with Gasteiger partial charge in [0.1, 0.15) is 5.75 Å². The predicted octanol–water partition coefficient (Wildman–Crippen LogP) is 4.76. The molecule has 1 unspecified atom stereocenters. The number of hydrogen-bond acceptors (Lipinski definition) is 2. The highest BCUT2D eigenvalue weighted by Gasteiger charge is 2.28. The second kappa shape index (κ2) is 8.51. The number of halogens is 1. The second-order valence-electron chi connectivity index (χ2n) is 6.08. The maximum atomic E-state index is 12.9. The van der Waals surface area contributed by atoms with E-state index in [1.807, 2.05) is 54.6 Å². The van der Waals surface area contributed by atoms with E-state index < -0.39 is 0 Å². The van der Waals surface area contributed by atoms with Crippen LogP contribution in [-0.2, 0) is 0 Å². The lowest BCUT2D eigenvalue weighted by Gasteiger charge is -2.36. The summed E-state index contributed by atoms with van der Waals surface area (Å²) in [5.74, 6) is 1.05. The Morgan fingerprint density at radius 2 is 1.83 bits per heavy atom. The topological polar surface area (TPSA) is 29.5 Å². The molecule has 3 rings (SSSR count). The fourth-order valence-electron chi connectivity index (χ4n) is 3.19. The zero-order valence-corrected chi connectivity index (χ0v) is 15.8. The summed E-state index contributed by atoms with van der Waals surface area (Å²) in [4.78, 5) is 15.0. The summed E-state index contributed by atoms with van der Waals surface area (Å²) in [6.07, 6.45) is 4.22. The maximum absolute atomic E-state index is 12.9. The van der Waals surface area contributed by atoms with Gasteiger partial charge >= 0.3 is 0 Å². The number of rotatable bonds is 5. The van der Waals surface area contributed by atoms with E-state index in [1.54, 1.807) is 0 Å². The van der Waals surface area contributed by atoms with Crippen LogP contribution >= 0.6 is 22.6 Å². The number of piperidine rings is 1. The molecule has 0 spiro atoms. The molecule has 0 saturated carbocycles. The zero-order chi connectivity index (χ0) is 16.8. The normalized spacial score (nSPS) is 17.5. The third kappa shape index (κ3) is 4.29. The summed E-state index contributed by atoms with van der Waals surface area (Å²) in [7, 11) is 0. The first-order valence-corrected chi connectivity index (χ1v) is 9.57. The molecule has 1 heterocycles. The Labute approximate surface area is 157 Å². The lowest BCUT2D eigenvalue weighted by atomic mass is 9.98. The molecule has 0 bridgehead atoms. The quantitative estimate of drug-likeness (QED) is 0.635. The number of nitrogens with zero attached hydrogens (tertiary/aromatic N) is 1. The zero-order valence-electron chi connectivity index (χ0n) is 13.7. The highest BCUT2D eigenvalue weighted by molar-refractivity contribution is 14.1. The van der Waals surface area contributed by atoms with Gasteiger partial charge in [0.2, 0.25) is 0 Å². The lowest BCUT2D eigenvalue weighted by Crippen LogP contribution is -2.44. The number of hydrogen-bond donors (Lipinski definition) is 0. The van der Waals surface area contributed by atoms with Crippen molar-refractivity contribution in [3.8, 4) is 5.75 Å². The molecule has 2 aromatic rings. The summed E-state index contributed by atoms with van der Waals surface area (Å²) in [6, 6.07) is 18.0. The molecular formula is C20H22INO2. The van der Waals surface area contributed by atoms with Crippen molar-refractivity contribution in [3.05, 3.63) is 63.7 Å². The van der Waals surface area contributed by atoms with Gasteiger partial charge in [0, 0.05) is 22.6 Å². The van der Waals surface area contributed by atoms with Crippen molar-refractivity contribution in [1.82, 2.24) is 4.90 Å². The largest absolute Gasteiger partial charge is 0.494 e. The van der Waals surface area contributed by atoms with Crippen LogP contribution in [0.15, 0.2) is 54.6 Å². The van der Waals surface area contributed by atoms with Crippen molar-refractivity contribution < 1.29 is 9.53 Å². The number of para-hydroxylation sites is 1. The van der Waals surface area contributed by atoms with Gasteiger partial charge in [0.15, 0.2) is 0 Å². The molecule has 1 amide bonds. The number of benzene rings is 2. The van der Waals surface area contributed by atoms with Crippen molar-refractivity contribution in [2.45, 2.75) is 31.7 Å². The van der Waals surface area contributed by atoms with Crippen LogP contribution in [0.25, 0.3) is 0 Å². The standard InChI is InChI=1S/C20H22INO2/c21-19-12-5-4-11-18(19)20(23)22-14-7-6-8-16(22)13-15-24-17-9-2-1-3-10-17/h1-5,9-12,16H,6-8,13-15H2. The fraction of sp³-hybridized carbons (Fsp3) is 0.350. The van der Waals surface area contributed by atoms with E-state index in [-0.39, 0.29) is 11.9 Å². The first-order chi connectivity index (χ1) is 11.8. The molecule has 1 aliphatic heterocycles. The summed E-state index contributed by atoms with van der Waals surface area (Å²) in [5.41, 5.74) is 0.814. The van der Waals surface area contributed by atoms with Crippen molar-refractivity contribution in [2.75, 3.05) is 13.2 Å². The predicted molar refractivity (Wildman–Crippen MR) is 104 cm³/mol. The van der Waals surface area contributed by atoms with Crippen LogP contribution in [0.5, 0.6) is 5.75 Å². The van der Waals surface area contributed by atoms with E-state index in [1.165, 1.54) is 6.42 Å². The van der Waals surface area contributed by atoms with Crippen LogP contribution < -0.4 is 4.74 Å². The van der Waals surface area contributed by atoms with Gasteiger partial charge in [0.25, 0.3) is 5.91 Å². The van der Waals surface area contributed by atoms with Crippen LogP contribution in [0.1, 0.15) is 36.0 Å². The van der Waals surface area contributed by atoms with Gasteiger partial charge in [-0.1, -0.05) is 30.3 Å². The molecule has 2 aromatic carbocycles. The third-order valence-corrected chi connectivity index (χ3v) is 5.40. The summed E-state index contributed by atoms with van der Waals surface area (Å²) in [5, 5.41) is 0. The number of amides is 1. The number of ether oxygens (including phenoxy) is 1. The average Bonchev–Trinajstić information content (AvgIpc) is 2.63. The van der Waals surface area contributed by atoms with E-state index in [0.29, 0.717) is 6.61 Å². The molecule has 1 saturated heterocycles. The smallest absolute Gasteiger partial charge is 0.255 e. The Morgan fingerprint density at radius 1 is 1.08 bits per heavy atom. The van der Waals surface area contributed by atoms with Crippen LogP contribution in [0.2, 0.25) is 0 Å². The van der Waals surface area contributed by atoms with Gasteiger partial charge in [-0.3, -0.25) is 4.79 Å². The molecule has 3 nitrogen and oxygen atoms in total. The lowest BCUT2D eigenvalue weighted by molar-refractivity contribution is 0.0579. The highest BCUT2D eigenvalue weighted by Crippen LogP contribution is 2.24. The Kier molecular flexibility index (Phi) is 6.12. The first kappa shape index (κ1) is 17.3. The van der Waals surface area contributed by atoms with Crippen LogP contribution in [0.4, 0.5) is 0 Å². The van der Waals surface area contributed by atoms with E-state index >= 15 is 0 Å². The summed E-state index contributed by atoms with van der Waals surface area (Å²) in [6.45, 7) is 1.49. The molecule has 1 atom stereocenters. The minimum atomic E-state index is 0.157. The molecule has 0 N–H and O–H groups in total. The molecular weight excluding hydrogens is 413 g/mol. The fourth-order valence-corrected chi connectivity index (χ4v) is 3.81. The van der Waals surface area contributed by atoms with Gasteiger partial charge in [-0.2, -0.15) is 0 Å². The minimum absolute atomic E-state index is 0.157. The molecule has 126 valence electrons. The molecule has 0 radical (unpaired) electrons. The number of carbonyl (C=O) groups is 1. The van der Waals surface area contributed by atoms with Crippen molar-refractivity contribution in [2.24, 2.45) is 0 Å². The van der Waals surface area contributed by atoms with Gasteiger partial charge in [-0.15, -0.1) is 0 Å². The Bertz CT molecular complexity index is 674. The number of carbonyl (C=O) groups excluding carboxylic acids is 1. The molecule has 1 fully saturated rings. The average molecular weight is 435 g/mol. The van der Waals surface area contributed by atoms with Crippen molar-refractivity contribution >= 4 is 28.5 Å². The molecule has 24 heavy (non-hydrogen) atoms. The number of likely N-dealkylation sites (tertiary alicyclic amines) is 1. The Balaban J connectivity index is 1.63. The molecule has 4 heteroatoms. The van der Waals surface area contributed by atoms with Crippen LogP contribution in [-0.4, -0.2) is 30.0 Å². The summed E-state index contributed by atoms with van der Waals surface area (Å²) >= 11 is 2.24. The maximum Gasteiger partial charge on any atom is 0.255 e. The van der Waals surface area contributed by atoms with Gasteiger partial charge in [0.05, 0.1) is 12.2 Å². The van der Waals surface area contributed by atoms with Crippen LogP contribution in [0, 0.1) is 3.57 Å². The minimum Gasteiger partial charge on any atom is -0.494 e. The SMILES string of the molecule is O=C(c1ccccc1I)N1CCCCC1CCOc1ccccc1. The molecule has 1 aliphatic rings. The second-order valence-corrected chi connectivity index (χ2v) is 7.24. The third-order valence-electron chi connectivity index (χ3n) is 4.46. The molecule has 0 aromatic heterocycles. The van der Waals surface area contributed by atoms with E-state index in [9.17, 15) is 4.79 Å². The monoisotopic (exact) mass is 435 g/mol. The van der Waals surface area contributed by atoms with Gasteiger partial charge in [-0.05, 0) is 66.1 Å². The molecule has 0 aliphatic carbocycles. The van der Waals surface area contributed by atoms with E-state index in [2.05, 4.69) is 27.5 Å². The van der Waals surface area contributed by atoms with Gasteiger partial charge in [-0.25, -0.2) is 0 Å². The van der Waals surface area contributed by atoms with Gasteiger partial charge < -0.3 is 9.64 Å².